The van der Waals surface area contributed by atoms with Gasteiger partial charge < -0.3 is 4.74 Å². The quantitative estimate of drug-likeness (QED) is 0.632. The highest BCUT2D eigenvalue weighted by Crippen LogP contribution is 2.26. The Kier molecular flexibility index (Phi) is 7.50. The van der Waals surface area contributed by atoms with Gasteiger partial charge in [-0.15, -0.1) is 0 Å². The van der Waals surface area contributed by atoms with E-state index in [0.29, 0.717) is 12.1 Å². The normalized spacial score (nSPS) is 19.6. The molecule has 0 aliphatic heterocycles. The van der Waals surface area contributed by atoms with Crippen molar-refractivity contribution in [3.05, 3.63) is 0 Å². The van der Waals surface area contributed by atoms with E-state index in [2.05, 4.69) is 37.1 Å². The first-order valence-corrected chi connectivity index (χ1v) is 8.02. The number of methoxy groups -OCH3 is 1. The monoisotopic (exact) mass is 281 g/mol. The van der Waals surface area contributed by atoms with Crippen molar-refractivity contribution in [2.24, 2.45) is 0 Å². The molecule has 20 heavy (non-hydrogen) atoms. The van der Waals surface area contributed by atoms with Gasteiger partial charge in [0.15, 0.2) is 0 Å². The second-order valence-corrected chi connectivity index (χ2v) is 6.00. The molecule has 1 aliphatic carbocycles. The fraction of sp³-hybridized carbons (Fsp3) is 0.938. The molecule has 1 saturated carbocycles. The van der Waals surface area contributed by atoms with E-state index in [1.807, 2.05) is 0 Å². The van der Waals surface area contributed by atoms with Crippen molar-refractivity contribution in [2.75, 3.05) is 26.8 Å². The molecule has 1 aliphatic rings. The Hall–Kier alpha value is -0.630. The van der Waals surface area contributed by atoms with E-state index in [9.17, 15) is 5.26 Å². The molecule has 0 spiro atoms. The molecule has 0 aromatic rings. The number of rotatable bonds is 11. The molecule has 0 aromatic heterocycles. The van der Waals surface area contributed by atoms with E-state index in [-0.39, 0.29) is 5.54 Å². The second kappa shape index (κ2) is 8.61. The molecule has 0 amide bonds. The van der Waals surface area contributed by atoms with Crippen LogP contribution in [0.1, 0.15) is 52.9 Å². The van der Waals surface area contributed by atoms with Gasteiger partial charge in [-0.3, -0.25) is 10.2 Å². The van der Waals surface area contributed by atoms with Crippen LogP contribution >= 0.6 is 0 Å². The van der Waals surface area contributed by atoms with Gasteiger partial charge in [0.2, 0.25) is 0 Å². The zero-order chi connectivity index (χ0) is 15.0. The van der Waals surface area contributed by atoms with Crippen LogP contribution in [0.15, 0.2) is 0 Å². The molecular weight excluding hydrogens is 250 g/mol. The molecule has 0 aromatic carbocycles. The number of hydrogen-bond acceptors (Lipinski definition) is 4. The minimum absolute atomic E-state index is 0.314. The van der Waals surface area contributed by atoms with Crippen LogP contribution in [0.3, 0.4) is 0 Å². The van der Waals surface area contributed by atoms with E-state index in [1.165, 1.54) is 12.8 Å². The predicted molar refractivity (Wildman–Crippen MR) is 82.6 cm³/mol. The summed E-state index contributed by atoms with van der Waals surface area (Å²) in [5.41, 5.74) is -0.314. The van der Waals surface area contributed by atoms with Crippen molar-refractivity contribution in [3.63, 3.8) is 0 Å². The maximum atomic E-state index is 9.52. The highest BCUT2D eigenvalue weighted by atomic mass is 16.5. The third kappa shape index (κ3) is 5.40. The number of hydrogen-bond donors (Lipinski definition) is 1. The molecule has 1 fully saturated rings. The van der Waals surface area contributed by atoms with Gasteiger partial charge in [0.1, 0.15) is 5.54 Å². The van der Waals surface area contributed by atoms with Gasteiger partial charge in [-0.25, -0.2) is 0 Å². The first-order valence-electron chi connectivity index (χ1n) is 8.02. The number of nitriles is 1. The lowest BCUT2D eigenvalue weighted by molar-refractivity contribution is 0.1000. The first kappa shape index (κ1) is 17.4. The standard InChI is InChI=1S/C16H31N3O/c1-5-16(13-17,18-15-8-9-15)10-7-11-19(6-2)14(3)12-20-4/h14-15,18H,5-12H2,1-4H3. The number of likely N-dealkylation sites (N-methyl/N-ethyl adjacent to an activating group) is 1. The van der Waals surface area contributed by atoms with Crippen LogP contribution in [0, 0.1) is 11.3 Å². The van der Waals surface area contributed by atoms with Crippen molar-refractivity contribution in [3.8, 4) is 6.07 Å². The maximum Gasteiger partial charge on any atom is 0.106 e. The highest BCUT2D eigenvalue weighted by molar-refractivity contribution is 5.09. The zero-order valence-electron chi connectivity index (χ0n) is 13.6. The van der Waals surface area contributed by atoms with E-state index >= 15 is 0 Å². The minimum Gasteiger partial charge on any atom is -0.383 e. The fourth-order valence-electron chi connectivity index (χ4n) is 2.76. The first-order chi connectivity index (χ1) is 9.60. The van der Waals surface area contributed by atoms with Crippen LogP contribution in [0.25, 0.3) is 0 Å². The summed E-state index contributed by atoms with van der Waals surface area (Å²) >= 11 is 0. The summed E-state index contributed by atoms with van der Waals surface area (Å²) in [5.74, 6) is 0. The minimum atomic E-state index is -0.314. The third-order valence-corrected chi connectivity index (χ3v) is 4.36. The third-order valence-electron chi connectivity index (χ3n) is 4.36. The Morgan fingerprint density at radius 2 is 2.15 bits per heavy atom. The molecule has 2 unspecified atom stereocenters. The van der Waals surface area contributed by atoms with Gasteiger partial charge in [0.05, 0.1) is 12.7 Å². The summed E-state index contributed by atoms with van der Waals surface area (Å²) in [6.45, 7) is 9.34. The fourth-order valence-corrected chi connectivity index (χ4v) is 2.76. The van der Waals surface area contributed by atoms with Gasteiger partial charge in [-0.05, 0) is 52.1 Å². The van der Waals surface area contributed by atoms with Crippen molar-refractivity contribution < 1.29 is 4.74 Å². The Bertz CT molecular complexity index is 311. The summed E-state index contributed by atoms with van der Waals surface area (Å²) in [6, 6.07) is 3.56. The predicted octanol–water partition coefficient (Wildman–Crippen LogP) is 2.55. The van der Waals surface area contributed by atoms with Crippen molar-refractivity contribution in [1.82, 2.24) is 10.2 Å². The van der Waals surface area contributed by atoms with E-state index < -0.39 is 0 Å². The van der Waals surface area contributed by atoms with E-state index in [0.717, 1.165) is 39.0 Å². The average molecular weight is 281 g/mol. The summed E-state index contributed by atoms with van der Waals surface area (Å²) < 4.78 is 5.23. The van der Waals surface area contributed by atoms with Crippen molar-refractivity contribution in [1.29, 1.82) is 5.26 Å². The molecule has 0 heterocycles. The molecular formula is C16H31N3O. The van der Waals surface area contributed by atoms with Crippen LogP contribution in [-0.2, 0) is 4.74 Å². The Balaban J connectivity index is 2.40. The van der Waals surface area contributed by atoms with Gasteiger partial charge in [0, 0.05) is 19.2 Å². The summed E-state index contributed by atoms with van der Waals surface area (Å²) in [7, 11) is 1.75. The van der Waals surface area contributed by atoms with Crippen molar-refractivity contribution in [2.45, 2.75) is 70.5 Å². The van der Waals surface area contributed by atoms with Crippen molar-refractivity contribution >= 4 is 0 Å². The molecule has 4 heteroatoms. The lowest BCUT2D eigenvalue weighted by Crippen LogP contribution is -2.45. The number of nitrogens with zero attached hydrogens (tertiary/aromatic N) is 2. The second-order valence-electron chi connectivity index (χ2n) is 6.00. The average Bonchev–Trinajstić information content (AvgIpc) is 3.26. The molecule has 0 saturated heterocycles. The van der Waals surface area contributed by atoms with Crippen LogP contribution in [0.5, 0.6) is 0 Å². The van der Waals surface area contributed by atoms with Gasteiger partial charge in [0.25, 0.3) is 0 Å². The summed E-state index contributed by atoms with van der Waals surface area (Å²) in [5, 5.41) is 13.1. The largest absolute Gasteiger partial charge is 0.383 e. The van der Waals surface area contributed by atoms with Gasteiger partial charge in [-0.1, -0.05) is 13.8 Å². The Labute approximate surface area is 124 Å². The molecule has 1 rings (SSSR count). The van der Waals surface area contributed by atoms with E-state index in [4.69, 9.17) is 4.74 Å². The molecule has 2 atom stereocenters. The molecule has 1 N–H and O–H groups in total. The lowest BCUT2D eigenvalue weighted by atomic mass is 9.91. The Morgan fingerprint density at radius 1 is 1.45 bits per heavy atom. The van der Waals surface area contributed by atoms with Crippen LogP contribution in [0.4, 0.5) is 0 Å². The highest BCUT2D eigenvalue weighted by Gasteiger charge is 2.34. The molecule has 116 valence electrons. The number of ether oxygens (including phenoxy) is 1. The Morgan fingerprint density at radius 3 is 2.60 bits per heavy atom. The van der Waals surface area contributed by atoms with Gasteiger partial charge >= 0.3 is 0 Å². The molecule has 0 radical (unpaired) electrons. The summed E-state index contributed by atoms with van der Waals surface area (Å²) in [6.07, 6.45) is 5.35. The van der Waals surface area contributed by atoms with Gasteiger partial charge in [-0.2, -0.15) is 5.26 Å². The summed E-state index contributed by atoms with van der Waals surface area (Å²) in [4.78, 5) is 2.43. The molecule has 4 nitrogen and oxygen atoms in total. The lowest BCUT2D eigenvalue weighted by Gasteiger charge is -2.30. The SMILES string of the molecule is CCN(CCCC(C#N)(CC)NC1CC1)C(C)COC. The van der Waals surface area contributed by atoms with Crippen LogP contribution in [0.2, 0.25) is 0 Å². The molecule has 0 bridgehead atoms. The maximum absolute atomic E-state index is 9.52. The topological polar surface area (TPSA) is 48.3 Å². The number of nitrogens with one attached hydrogen (secondary N) is 1. The van der Waals surface area contributed by atoms with E-state index in [1.54, 1.807) is 7.11 Å². The van der Waals surface area contributed by atoms with Crippen LogP contribution in [-0.4, -0.2) is 49.3 Å². The zero-order valence-corrected chi connectivity index (χ0v) is 13.6. The van der Waals surface area contributed by atoms with Crippen LogP contribution < -0.4 is 5.32 Å². The smallest absolute Gasteiger partial charge is 0.106 e.